The molecule has 148 valence electrons. The molecule has 0 aliphatic heterocycles. The molecule has 1 saturated carbocycles. The van der Waals surface area contributed by atoms with E-state index in [0.29, 0.717) is 5.69 Å². The Morgan fingerprint density at radius 3 is 2.26 bits per heavy atom. The Morgan fingerprint density at radius 1 is 1.04 bits per heavy atom. The Bertz CT molecular complexity index is 642. The van der Waals surface area contributed by atoms with Crippen LogP contribution in [-0.4, -0.2) is 36.1 Å². The number of amides is 3. The van der Waals surface area contributed by atoms with E-state index in [1.165, 1.54) is 0 Å². The number of benzene rings is 1. The molecular weight excluding hydrogens is 346 g/mol. The number of hydrogen-bond donors (Lipinski definition) is 3. The molecular formula is C20H29N3O4. The largest absolute Gasteiger partial charge is 0.451 e. The Morgan fingerprint density at radius 2 is 1.67 bits per heavy atom. The quantitative estimate of drug-likeness (QED) is 0.639. The van der Waals surface area contributed by atoms with Gasteiger partial charge in [-0.2, -0.15) is 0 Å². The van der Waals surface area contributed by atoms with Crippen LogP contribution in [0.2, 0.25) is 0 Å². The van der Waals surface area contributed by atoms with Gasteiger partial charge in [-0.15, -0.1) is 0 Å². The average molecular weight is 375 g/mol. The Labute approximate surface area is 160 Å². The molecule has 2 rings (SSSR count). The first-order valence-corrected chi connectivity index (χ1v) is 9.50. The van der Waals surface area contributed by atoms with Crippen LogP contribution < -0.4 is 16.0 Å². The highest BCUT2D eigenvalue weighted by Gasteiger charge is 2.30. The molecule has 1 fully saturated rings. The summed E-state index contributed by atoms with van der Waals surface area (Å²) in [7, 11) is 0. The van der Waals surface area contributed by atoms with Crippen molar-refractivity contribution >= 4 is 23.6 Å². The van der Waals surface area contributed by atoms with Gasteiger partial charge in [0, 0.05) is 11.7 Å². The summed E-state index contributed by atoms with van der Waals surface area (Å²) >= 11 is 0. The lowest BCUT2D eigenvalue weighted by molar-refractivity contribution is -0.157. The van der Waals surface area contributed by atoms with Gasteiger partial charge in [0.25, 0.3) is 5.91 Å². The van der Waals surface area contributed by atoms with Gasteiger partial charge in [-0.05, 0) is 37.8 Å². The van der Waals surface area contributed by atoms with E-state index in [1.807, 2.05) is 6.07 Å². The highest BCUT2D eigenvalue weighted by atomic mass is 16.5. The van der Waals surface area contributed by atoms with Gasteiger partial charge in [-0.1, -0.05) is 44.9 Å². The summed E-state index contributed by atoms with van der Waals surface area (Å²) < 4.78 is 5.30. The first-order valence-electron chi connectivity index (χ1n) is 9.50. The number of carbonyl (C=O) groups excluding carboxylic acids is 3. The number of rotatable bonds is 7. The van der Waals surface area contributed by atoms with E-state index in [4.69, 9.17) is 4.74 Å². The molecule has 0 spiro atoms. The first-order chi connectivity index (χ1) is 12.9. The summed E-state index contributed by atoms with van der Waals surface area (Å²) in [5, 5.41) is 8.20. The number of para-hydroxylation sites is 1. The van der Waals surface area contributed by atoms with Crippen LogP contribution >= 0.6 is 0 Å². The molecule has 1 aliphatic carbocycles. The molecule has 0 heterocycles. The molecule has 0 aromatic heterocycles. The van der Waals surface area contributed by atoms with Crippen molar-refractivity contribution in [3.8, 4) is 0 Å². The second-order valence-electron chi connectivity index (χ2n) is 7.26. The monoisotopic (exact) mass is 375 g/mol. The van der Waals surface area contributed by atoms with Gasteiger partial charge in [-0.25, -0.2) is 9.59 Å². The Balaban J connectivity index is 1.87. The summed E-state index contributed by atoms with van der Waals surface area (Å²) in [4.78, 5) is 36.9. The fourth-order valence-corrected chi connectivity index (χ4v) is 3.02. The fourth-order valence-electron chi connectivity index (χ4n) is 3.02. The molecule has 0 saturated heterocycles. The van der Waals surface area contributed by atoms with E-state index in [9.17, 15) is 14.4 Å². The van der Waals surface area contributed by atoms with Crippen molar-refractivity contribution in [3.05, 3.63) is 30.3 Å². The number of urea groups is 1. The van der Waals surface area contributed by atoms with Crippen LogP contribution in [0.5, 0.6) is 0 Å². The lowest BCUT2D eigenvalue weighted by atomic mass is 10.0. The molecule has 3 amide bonds. The molecule has 1 aromatic carbocycles. The number of esters is 1. The minimum Gasteiger partial charge on any atom is -0.451 e. The summed E-state index contributed by atoms with van der Waals surface area (Å²) in [6, 6.07) is 7.75. The Hall–Kier alpha value is -2.57. The third-order valence-corrected chi connectivity index (χ3v) is 4.60. The van der Waals surface area contributed by atoms with Gasteiger partial charge in [0.2, 0.25) is 0 Å². The van der Waals surface area contributed by atoms with Crippen LogP contribution in [0.3, 0.4) is 0 Å². The molecule has 2 atom stereocenters. The van der Waals surface area contributed by atoms with Crippen LogP contribution in [0.15, 0.2) is 30.3 Å². The van der Waals surface area contributed by atoms with Crippen molar-refractivity contribution < 1.29 is 19.1 Å². The maximum Gasteiger partial charge on any atom is 0.329 e. The van der Waals surface area contributed by atoms with Gasteiger partial charge in [-0.3, -0.25) is 4.79 Å². The molecule has 0 unspecified atom stereocenters. The summed E-state index contributed by atoms with van der Waals surface area (Å²) in [6.07, 6.45) is 3.23. The van der Waals surface area contributed by atoms with Crippen LogP contribution in [0.25, 0.3) is 0 Å². The van der Waals surface area contributed by atoms with Gasteiger partial charge >= 0.3 is 12.0 Å². The van der Waals surface area contributed by atoms with Crippen LogP contribution in [-0.2, 0) is 14.3 Å². The Kier molecular flexibility index (Phi) is 7.64. The lowest BCUT2D eigenvalue weighted by Gasteiger charge is -2.23. The zero-order chi connectivity index (χ0) is 19.8. The molecule has 0 radical (unpaired) electrons. The van der Waals surface area contributed by atoms with E-state index in [1.54, 1.807) is 45.0 Å². The van der Waals surface area contributed by atoms with Gasteiger partial charge in [0.05, 0.1) is 0 Å². The predicted octanol–water partition coefficient (Wildman–Crippen LogP) is 2.82. The SMILES string of the molecule is CC(C)[C@@H](NC(=O)Nc1ccccc1)C(=O)O[C@@H](C)C(=O)NC1CCCC1. The summed E-state index contributed by atoms with van der Waals surface area (Å²) in [5.74, 6) is -1.11. The van der Waals surface area contributed by atoms with Crippen molar-refractivity contribution in [2.75, 3.05) is 5.32 Å². The molecule has 3 N–H and O–H groups in total. The van der Waals surface area contributed by atoms with Gasteiger partial charge in [0.15, 0.2) is 6.10 Å². The van der Waals surface area contributed by atoms with Crippen LogP contribution in [0.4, 0.5) is 10.5 Å². The number of anilines is 1. The highest BCUT2D eigenvalue weighted by molar-refractivity contribution is 5.93. The third kappa shape index (κ3) is 6.58. The van der Waals surface area contributed by atoms with Gasteiger partial charge in [0.1, 0.15) is 6.04 Å². The van der Waals surface area contributed by atoms with E-state index in [-0.39, 0.29) is 17.9 Å². The normalized spacial score (nSPS) is 16.4. The van der Waals surface area contributed by atoms with E-state index in [0.717, 1.165) is 25.7 Å². The van der Waals surface area contributed by atoms with Crippen LogP contribution in [0.1, 0.15) is 46.5 Å². The van der Waals surface area contributed by atoms with Crippen molar-refractivity contribution in [2.24, 2.45) is 5.92 Å². The maximum absolute atomic E-state index is 12.5. The number of ether oxygens (including phenoxy) is 1. The van der Waals surface area contributed by atoms with Crippen molar-refractivity contribution in [3.63, 3.8) is 0 Å². The number of carbonyl (C=O) groups is 3. The molecule has 7 heteroatoms. The topological polar surface area (TPSA) is 96.5 Å². The summed E-state index contributed by atoms with van der Waals surface area (Å²) in [5.41, 5.74) is 0.621. The minimum atomic E-state index is -0.904. The zero-order valence-electron chi connectivity index (χ0n) is 16.2. The van der Waals surface area contributed by atoms with Crippen molar-refractivity contribution in [1.29, 1.82) is 0 Å². The molecule has 7 nitrogen and oxygen atoms in total. The fraction of sp³-hybridized carbons (Fsp3) is 0.550. The minimum absolute atomic E-state index is 0.161. The maximum atomic E-state index is 12.5. The predicted molar refractivity (Wildman–Crippen MR) is 103 cm³/mol. The number of hydrogen-bond acceptors (Lipinski definition) is 4. The molecule has 1 aromatic rings. The molecule has 27 heavy (non-hydrogen) atoms. The third-order valence-electron chi connectivity index (χ3n) is 4.60. The second-order valence-corrected chi connectivity index (χ2v) is 7.26. The van der Waals surface area contributed by atoms with E-state index in [2.05, 4.69) is 16.0 Å². The lowest BCUT2D eigenvalue weighted by Crippen LogP contribution is -2.49. The second kappa shape index (κ2) is 9.94. The van der Waals surface area contributed by atoms with E-state index >= 15 is 0 Å². The van der Waals surface area contributed by atoms with E-state index < -0.39 is 24.1 Å². The van der Waals surface area contributed by atoms with Crippen molar-refractivity contribution in [2.45, 2.75) is 64.6 Å². The van der Waals surface area contributed by atoms with Crippen LogP contribution in [0, 0.1) is 5.92 Å². The average Bonchev–Trinajstić information content (AvgIpc) is 3.13. The first kappa shape index (κ1) is 20.7. The number of nitrogens with one attached hydrogen (secondary N) is 3. The zero-order valence-corrected chi connectivity index (χ0v) is 16.2. The molecule has 0 bridgehead atoms. The smallest absolute Gasteiger partial charge is 0.329 e. The standard InChI is InChI=1S/C20H29N3O4/c1-13(2)17(23-20(26)22-16-9-5-4-6-10-16)19(25)27-14(3)18(24)21-15-11-7-8-12-15/h4-6,9-10,13-15,17H,7-8,11-12H2,1-3H3,(H,21,24)(H2,22,23,26)/t14-,17+/m0/s1. The van der Waals surface area contributed by atoms with Gasteiger partial charge < -0.3 is 20.7 Å². The summed E-state index contributed by atoms with van der Waals surface area (Å²) in [6.45, 7) is 5.15. The van der Waals surface area contributed by atoms with Crippen molar-refractivity contribution in [1.82, 2.24) is 10.6 Å². The highest BCUT2D eigenvalue weighted by Crippen LogP contribution is 2.18. The molecule has 1 aliphatic rings.